The van der Waals surface area contributed by atoms with Crippen LogP contribution in [0.3, 0.4) is 0 Å². The monoisotopic (exact) mass is 303 g/mol. The Morgan fingerprint density at radius 2 is 2.18 bits per heavy atom. The van der Waals surface area contributed by atoms with Gasteiger partial charge in [0, 0.05) is 13.1 Å². The first kappa shape index (κ1) is 16.6. The van der Waals surface area contributed by atoms with Crippen LogP contribution >= 0.6 is 0 Å². The van der Waals surface area contributed by atoms with Crippen LogP contribution in [-0.2, 0) is 6.54 Å². The Morgan fingerprint density at radius 1 is 1.41 bits per heavy atom. The summed E-state index contributed by atoms with van der Waals surface area (Å²) >= 11 is 0. The van der Waals surface area contributed by atoms with Crippen LogP contribution in [0.4, 0.5) is 0 Å². The number of aliphatic hydroxyl groups is 1. The molecule has 1 aliphatic rings. The van der Waals surface area contributed by atoms with E-state index in [0.717, 1.165) is 38.0 Å². The van der Waals surface area contributed by atoms with Gasteiger partial charge in [0.1, 0.15) is 0 Å². The molecule has 2 N–H and O–H groups in total. The molecule has 2 aromatic rings. The van der Waals surface area contributed by atoms with E-state index in [1.54, 1.807) is 10.9 Å². The van der Waals surface area contributed by atoms with E-state index < -0.39 is 0 Å². The summed E-state index contributed by atoms with van der Waals surface area (Å²) < 4.78 is 1.67. The molecule has 0 spiro atoms. The third kappa shape index (κ3) is 4.64. The first-order valence-electron chi connectivity index (χ1n) is 7.91. The fourth-order valence-electron chi connectivity index (χ4n) is 2.46. The topological polar surface area (TPSA) is 67.2 Å². The molecule has 1 aliphatic heterocycles. The maximum absolute atomic E-state index is 12.0. The quantitative estimate of drug-likeness (QED) is 0.887. The third-order valence-corrected chi connectivity index (χ3v) is 3.56. The van der Waals surface area contributed by atoms with Crippen LogP contribution in [0.15, 0.2) is 35.4 Å². The minimum absolute atomic E-state index is 0.0503. The van der Waals surface area contributed by atoms with Crippen molar-refractivity contribution in [3.63, 3.8) is 0 Å². The fourth-order valence-corrected chi connectivity index (χ4v) is 2.46. The molecule has 1 saturated heterocycles. The highest BCUT2D eigenvalue weighted by Gasteiger charge is 2.06. The van der Waals surface area contributed by atoms with Gasteiger partial charge in [-0.2, -0.15) is 0 Å². The van der Waals surface area contributed by atoms with Crippen molar-refractivity contribution in [3.8, 4) is 0 Å². The number of aliphatic hydroxyl groups excluding tert-OH is 1. The molecule has 1 aromatic heterocycles. The van der Waals surface area contributed by atoms with E-state index >= 15 is 0 Å². The Balaban J connectivity index is 0.000000211. The van der Waals surface area contributed by atoms with Crippen molar-refractivity contribution >= 4 is 10.9 Å². The fraction of sp³-hybridized carbons (Fsp3) is 0.529. The molecule has 2 heterocycles. The van der Waals surface area contributed by atoms with Crippen molar-refractivity contribution in [2.24, 2.45) is 5.92 Å². The molecule has 22 heavy (non-hydrogen) atoms. The molecular weight excluding hydrogens is 278 g/mol. The molecule has 0 radical (unpaired) electrons. The molecule has 0 bridgehead atoms. The summed E-state index contributed by atoms with van der Waals surface area (Å²) in [5.41, 5.74) is 0.816. The smallest absolute Gasteiger partial charge is 0.261 e. The van der Waals surface area contributed by atoms with Gasteiger partial charge in [0.2, 0.25) is 0 Å². The Kier molecular flexibility index (Phi) is 6.10. The third-order valence-electron chi connectivity index (χ3n) is 3.56. The highest BCUT2D eigenvalue weighted by Crippen LogP contribution is 2.05. The molecule has 0 saturated carbocycles. The largest absolute Gasteiger partial charge is 0.392 e. The van der Waals surface area contributed by atoms with Crippen molar-refractivity contribution in [2.75, 3.05) is 13.1 Å². The summed E-state index contributed by atoms with van der Waals surface area (Å²) in [6, 6.07) is 7.44. The van der Waals surface area contributed by atoms with Gasteiger partial charge in [0.25, 0.3) is 5.56 Å². The minimum atomic E-state index is -0.0752. The van der Waals surface area contributed by atoms with Crippen LogP contribution < -0.4 is 10.9 Å². The van der Waals surface area contributed by atoms with Crippen LogP contribution in [0.25, 0.3) is 10.9 Å². The lowest BCUT2D eigenvalue weighted by Crippen LogP contribution is -2.33. The zero-order valence-electron chi connectivity index (χ0n) is 13.3. The lowest BCUT2D eigenvalue weighted by molar-refractivity contribution is 0.142. The number of fused-ring (bicyclic) bond motifs is 1. The number of nitrogens with zero attached hydrogens (tertiary/aromatic N) is 2. The van der Waals surface area contributed by atoms with Crippen LogP contribution in [0.2, 0.25) is 0 Å². The van der Waals surface area contributed by atoms with E-state index in [1.165, 1.54) is 0 Å². The van der Waals surface area contributed by atoms with Crippen molar-refractivity contribution in [1.82, 2.24) is 14.9 Å². The number of hydrogen-bond donors (Lipinski definition) is 2. The van der Waals surface area contributed by atoms with Crippen LogP contribution in [0.1, 0.15) is 26.7 Å². The average molecular weight is 303 g/mol. The standard InChI is InChI=1S/C12H14N2O.C5H11NO/c1-9(2)7-14-8-13-11-6-4-3-5-10(11)12(14)15;7-5-2-1-3-6-4-5/h3-6,8-9H,7H2,1-2H3;5-7H,1-4H2. The molecule has 5 heteroatoms. The summed E-state index contributed by atoms with van der Waals surface area (Å²) in [6.45, 7) is 6.76. The Bertz CT molecular complexity index is 646. The number of hydrogen-bond acceptors (Lipinski definition) is 4. The number of aromatic nitrogens is 2. The molecular formula is C17H25N3O2. The number of piperidine rings is 1. The van der Waals surface area contributed by atoms with Gasteiger partial charge >= 0.3 is 0 Å². The van der Waals surface area contributed by atoms with Crippen molar-refractivity contribution in [3.05, 3.63) is 40.9 Å². The molecule has 120 valence electrons. The molecule has 3 rings (SSSR count). The average Bonchev–Trinajstić information content (AvgIpc) is 2.51. The van der Waals surface area contributed by atoms with Gasteiger partial charge in [-0.25, -0.2) is 4.98 Å². The first-order valence-corrected chi connectivity index (χ1v) is 7.91. The predicted octanol–water partition coefficient (Wildman–Crippen LogP) is 1.78. The molecule has 0 aliphatic carbocycles. The number of rotatable bonds is 2. The summed E-state index contributed by atoms with van der Waals surface area (Å²) in [5, 5.41) is 12.6. The summed E-state index contributed by atoms with van der Waals surface area (Å²) in [6.07, 6.45) is 3.66. The molecule has 1 fully saturated rings. The second-order valence-electron chi connectivity index (χ2n) is 6.11. The highest BCUT2D eigenvalue weighted by atomic mass is 16.3. The Hall–Kier alpha value is -1.72. The number of para-hydroxylation sites is 1. The van der Waals surface area contributed by atoms with Crippen LogP contribution in [0.5, 0.6) is 0 Å². The first-order chi connectivity index (χ1) is 10.6. The van der Waals surface area contributed by atoms with Gasteiger partial charge in [-0.3, -0.25) is 9.36 Å². The van der Waals surface area contributed by atoms with Crippen molar-refractivity contribution in [2.45, 2.75) is 39.3 Å². The number of nitrogens with one attached hydrogen (secondary N) is 1. The maximum Gasteiger partial charge on any atom is 0.261 e. The zero-order valence-corrected chi connectivity index (χ0v) is 13.3. The predicted molar refractivity (Wildman–Crippen MR) is 89.0 cm³/mol. The van der Waals surface area contributed by atoms with Crippen molar-refractivity contribution in [1.29, 1.82) is 0 Å². The second kappa shape index (κ2) is 8.06. The summed E-state index contributed by atoms with van der Waals surface area (Å²) in [7, 11) is 0. The normalized spacial score (nSPS) is 18.1. The molecule has 1 atom stereocenters. The van der Waals surface area contributed by atoms with Crippen LogP contribution in [0, 0.1) is 5.92 Å². The van der Waals surface area contributed by atoms with E-state index in [0.29, 0.717) is 11.3 Å². The van der Waals surface area contributed by atoms with Crippen molar-refractivity contribution < 1.29 is 5.11 Å². The van der Waals surface area contributed by atoms with E-state index in [2.05, 4.69) is 24.1 Å². The Labute approximate surface area is 131 Å². The van der Waals surface area contributed by atoms with Gasteiger partial charge < -0.3 is 10.4 Å². The van der Waals surface area contributed by atoms with E-state index in [-0.39, 0.29) is 11.7 Å². The minimum Gasteiger partial charge on any atom is -0.392 e. The highest BCUT2D eigenvalue weighted by molar-refractivity contribution is 5.76. The number of benzene rings is 1. The van der Waals surface area contributed by atoms with E-state index in [1.807, 2.05) is 24.3 Å². The Morgan fingerprint density at radius 3 is 2.77 bits per heavy atom. The van der Waals surface area contributed by atoms with E-state index in [9.17, 15) is 4.79 Å². The lowest BCUT2D eigenvalue weighted by atomic mass is 10.1. The molecule has 5 nitrogen and oxygen atoms in total. The summed E-state index contributed by atoms with van der Waals surface area (Å²) in [5.74, 6) is 0.450. The maximum atomic E-state index is 12.0. The SMILES string of the molecule is CC(C)Cn1cnc2ccccc2c1=O.OC1CCCNC1. The van der Waals surface area contributed by atoms with Gasteiger partial charge in [0.05, 0.1) is 23.3 Å². The second-order valence-corrected chi connectivity index (χ2v) is 6.11. The van der Waals surface area contributed by atoms with Gasteiger partial charge in [-0.1, -0.05) is 26.0 Å². The summed E-state index contributed by atoms with van der Waals surface area (Å²) in [4.78, 5) is 16.2. The molecule has 1 aromatic carbocycles. The van der Waals surface area contributed by atoms with Gasteiger partial charge in [0.15, 0.2) is 0 Å². The van der Waals surface area contributed by atoms with Gasteiger partial charge in [-0.15, -0.1) is 0 Å². The molecule has 0 amide bonds. The number of β-amino-alcohol motifs (C(OH)–C–C–N with tert-alkyl or cyclic N) is 1. The zero-order chi connectivity index (χ0) is 15.9. The molecule has 1 unspecified atom stereocenters. The van der Waals surface area contributed by atoms with Crippen LogP contribution in [-0.4, -0.2) is 33.9 Å². The van der Waals surface area contributed by atoms with E-state index in [4.69, 9.17) is 5.11 Å². The van der Waals surface area contributed by atoms with Gasteiger partial charge in [-0.05, 0) is 37.4 Å². The lowest BCUT2D eigenvalue weighted by Gasteiger charge is -2.16.